The van der Waals surface area contributed by atoms with Crippen molar-refractivity contribution in [2.75, 3.05) is 13.7 Å². The van der Waals surface area contributed by atoms with Crippen molar-refractivity contribution < 1.29 is 9.84 Å². The average molecular weight is 274 g/mol. The van der Waals surface area contributed by atoms with Crippen LogP contribution in [0, 0.1) is 0 Å². The van der Waals surface area contributed by atoms with Crippen LogP contribution in [-0.2, 0) is 0 Å². The van der Waals surface area contributed by atoms with Crippen LogP contribution in [-0.4, -0.2) is 18.8 Å². The smallest absolute Gasteiger partial charge is 0.119 e. The van der Waals surface area contributed by atoms with Crippen LogP contribution in [0.3, 0.4) is 0 Å². The van der Waals surface area contributed by atoms with Gasteiger partial charge in [0.15, 0.2) is 0 Å². The molecule has 15 heavy (non-hydrogen) atoms. The van der Waals surface area contributed by atoms with E-state index in [2.05, 4.69) is 15.9 Å². The molecule has 1 atom stereocenters. The third kappa shape index (κ3) is 3.48. The van der Waals surface area contributed by atoms with Crippen molar-refractivity contribution in [3.05, 3.63) is 28.2 Å². The monoisotopic (exact) mass is 273 g/mol. The van der Waals surface area contributed by atoms with E-state index in [1.807, 2.05) is 18.2 Å². The molecule has 1 aromatic rings. The van der Waals surface area contributed by atoms with Gasteiger partial charge in [-0.2, -0.15) is 0 Å². The standard InChI is InChI=1S/C11H16BrNO2/c1-15-8-4-5-10(12)9(7-8)11(13)3-2-6-14/h4-5,7,11,14H,2-3,6,13H2,1H3/t11-/m1/s1. The van der Waals surface area contributed by atoms with Gasteiger partial charge in [-0.1, -0.05) is 15.9 Å². The fourth-order valence-electron chi connectivity index (χ4n) is 1.40. The van der Waals surface area contributed by atoms with Crippen molar-refractivity contribution >= 4 is 15.9 Å². The maximum atomic E-state index is 8.74. The minimum atomic E-state index is -0.0679. The molecule has 3 N–H and O–H groups in total. The van der Waals surface area contributed by atoms with Gasteiger partial charge < -0.3 is 15.6 Å². The van der Waals surface area contributed by atoms with Crippen LogP contribution in [0.1, 0.15) is 24.4 Å². The number of hydrogen-bond donors (Lipinski definition) is 2. The van der Waals surface area contributed by atoms with Crippen molar-refractivity contribution in [3.63, 3.8) is 0 Å². The summed E-state index contributed by atoms with van der Waals surface area (Å²) >= 11 is 3.45. The van der Waals surface area contributed by atoms with Crippen molar-refractivity contribution in [2.45, 2.75) is 18.9 Å². The topological polar surface area (TPSA) is 55.5 Å². The van der Waals surface area contributed by atoms with Gasteiger partial charge in [0.25, 0.3) is 0 Å². The van der Waals surface area contributed by atoms with E-state index in [0.29, 0.717) is 6.42 Å². The van der Waals surface area contributed by atoms with Gasteiger partial charge in [0.1, 0.15) is 5.75 Å². The van der Waals surface area contributed by atoms with Gasteiger partial charge in [-0.05, 0) is 36.6 Å². The SMILES string of the molecule is COc1ccc(Br)c([C@H](N)CCCO)c1. The third-order valence-electron chi connectivity index (χ3n) is 2.28. The second-order valence-electron chi connectivity index (χ2n) is 3.36. The first kappa shape index (κ1) is 12.5. The normalized spacial score (nSPS) is 12.5. The maximum Gasteiger partial charge on any atom is 0.119 e. The molecule has 0 saturated heterocycles. The largest absolute Gasteiger partial charge is 0.497 e. The van der Waals surface area contributed by atoms with E-state index < -0.39 is 0 Å². The summed E-state index contributed by atoms with van der Waals surface area (Å²) in [5, 5.41) is 8.74. The van der Waals surface area contributed by atoms with E-state index in [1.165, 1.54) is 0 Å². The molecule has 0 saturated carbocycles. The summed E-state index contributed by atoms with van der Waals surface area (Å²) in [4.78, 5) is 0. The first-order chi connectivity index (χ1) is 7.19. The van der Waals surface area contributed by atoms with E-state index in [9.17, 15) is 0 Å². The van der Waals surface area contributed by atoms with Crippen LogP contribution in [0.15, 0.2) is 22.7 Å². The van der Waals surface area contributed by atoms with Crippen molar-refractivity contribution in [1.82, 2.24) is 0 Å². The Morgan fingerprint density at radius 2 is 2.27 bits per heavy atom. The second-order valence-corrected chi connectivity index (χ2v) is 4.21. The number of ether oxygens (including phenoxy) is 1. The van der Waals surface area contributed by atoms with Crippen LogP contribution in [0.4, 0.5) is 0 Å². The van der Waals surface area contributed by atoms with Gasteiger partial charge in [0.05, 0.1) is 7.11 Å². The molecular formula is C11H16BrNO2. The van der Waals surface area contributed by atoms with Crippen LogP contribution >= 0.6 is 15.9 Å². The lowest BCUT2D eigenvalue weighted by Crippen LogP contribution is -2.11. The Morgan fingerprint density at radius 1 is 1.53 bits per heavy atom. The molecule has 0 spiro atoms. The number of methoxy groups -OCH3 is 1. The van der Waals surface area contributed by atoms with Crippen LogP contribution in [0.25, 0.3) is 0 Å². The zero-order valence-corrected chi connectivity index (χ0v) is 10.3. The molecule has 0 amide bonds. The molecular weight excluding hydrogens is 258 g/mol. The summed E-state index contributed by atoms with van der Waals surface area (Å²) < 4.78 is 6.12. The second kappa shape index (κ2) is 6.10. The van der Waals surface area contributed by atoms with Gasteiger partial charge in [0.2, 0.25) is 0 Å². The summed E-state index contributed by atoms with van der Waals surface area (Å²) in [6.07, 6.45) is 1.48. The fourth-order valence-corrected chi connectivity index (χ4v) is 1.94. The molecule has 0 unspecified atom stereocenters. The molecule has 0 aliphatic rings. The summed E-state index contributed by atoms with van der Waals surface area (Å²) in [7, 11) is 1.63. The maximum absolute atomic E-state index is 8.74. The first-order valence-electron chi connectivity index (χ1n) is 4.89. The lowest BCUT2D eigenvalue weighted by atomic mass is 10.0. The Balaban J connectivity index is 2.81. The van der Waals surface area contributed by atoms with E-state index in [4.69, 9.17) is 15.6 Å². The summed E-state index contributed by atoms with van der Waals surface area (Å²) in [6, 6.07) is 5.66. The predicted octanol–water partition coefficient (Wildman–Crippen LogP) is 2.23. The molecule has 1 aromatic carbocycles. The van der Waals surface area contributed by atoms with Gasteiger partial charge in [-0.25, -0.2) is 0 Å². The van der Waals surface area contributed by atoms with Gasteiger partial charge in [-0.15, -0.1) is 0 Å². The number of aliphatic hydroxyl groups excluding tert-OH is 1. The zero-order valence-electron chi connectivity index (χ0n) is 8.74. The molecule has 0 heterocycles. The van der Waals surface area contributed by atoms with E-state index in [0.717, 1.165) is 22.2 Å². The summed E-state index contributed by atoms with van der Waals surface area (Å²) in [5.74, 6) is 0.799. The number of benzene rings is 1. The Kier molecular flexibility index (Phi) is 5.08. The number of aliphatic hydroxyl groups is 1. The Hall–Kier alpha value is -0.580. The number of nitrogens with two attached hydrogens (primary N) is 1. The minimum Gasteiger partial charge on any atom is -0.497 e. The number of hydrogen-bond acceptors (Lipinski definition) is 3. The molecule has 0 radical (unpaired) electrons. The Labute approximate surface area is 98.4 Å². The molecule has 1 rings (SSSR count). The van der Waals surface area contributed by atoms with Gasteiger partial charge in [0, 0.05) is 17.1 Å². The highest BCUT2D eigenvalue weighted by Gasteiger charge is 2.10. The molecule has 0 aliphatic carbocycles. The number of rotatable bonds is 5. The highest BCUT2D eigenvalue weighted by atomic mass is 79.9. The molecule has 0 aromatic heterocycles. The summed E-state index contributed by atoms with van der Waals surface area (Å²) in [5.41, 5.74) is 7.03. The quantitative estimate of drug-likeness (QED) is 0.865. The predicted molar refractivity (Wildman–Crippen MR) is 63.9 cm³/mol. The molecule has 4 heteroatoms. The van der Waals surface area contributed by atoms with E-state index in [-0.39, 0.29) is 12.6 Å². The first-order valence-corrected chi connectivity index (χ1v) is 5.68. The molecule has 0 bridgehead atoms. The lowest BCUT2D eigenvalue weighted by molar-refractivity contribution is 0.280. The molecule has 3 nitrogen and oxygen atoms in total. The van der Waals surface area contributed by atoms with Crippen LogP contribution < -0.4 is 10.5 Å². The minimum absolute atomic E-state index is 0.0679. The fraction of sp³-hybridized carbons (Fsp3) is 0.455. The molecule has 84 valence electrons. The highest BCUT2D eigenvalue weighted by molar-refractivity contribution is 9.10. The van der Waals surface area contributed by atoms with Crippen molar-refractivity contribution in [2.24, 2.45) is 5.73 Å². The van der Waals surface area contributed by atoms with Crippen LogP contribution in [0.5, 0.6) is 5.75 Å². The Bertz CT molecular complexity index is 317. The zero-order chi connectivity index (χ0) is 11.3. The third-order valence-corrected chi connectivity index (χ3v) is 3.00. The lowest BCUT2D eigenvalue weighted by Gasteiger charge is -2.14. The van der Waals surface area contributed by atoms with E-state index in [1.54, 1.807) is 7.11 Å². The van der Waals surface area contributed by atoms with Crippen molar-refractivity contribution in [3.8, 4) is 5.75 Å². The molecule has 0 fully saturated rings. The van der Waals surface area contributed by atoms with Crippen molar-refractivity contribution in [1.29, 1.82) is 0 Å². The van der Waals surface area contributed by atoms with Crippen LogP contribution in [0.2, 0.25) is 0 Å². The van der Waals surface area contributed by atoms with E-state index >= 15 is 0 Å². The summed E-state index contributed by atoms with van der Waals surface area (Å²) in [6.45, 7) is 0.176. The Morgan fingerprint density at radius 3 is 2.87 bits per heavy atom. The average Bonchev–Trinajstić information content (AvgIpc) is 2.26. The van der Waals surface area contributed by atoms with Gasteiger partial charge >= 0.3 is 0 Å². The number of halogens is 1. The highest BCUT2D eigenvalue weighted by Crippen LogP contribution is 2.28. The van der Waals surface area contributed by atoms with Gasteiger partial charge in [-0.3, -0.25) is 0 Å². The molecule has 0 aliphatic heterocycles.